The van der Waals surface area contributed by atoms with E-state index in [1.54, 1.807) is 16.4 Å². The van der Waals surface area contributed by atoms with Crippen molar-refractivity contribution in [3.63, 3.8) is 0 Å². The van der Waals surface area contributed by atoms with Gasteiger partial charge in [-0.1, -0.05) is 23.2 Å². The summed E-state index contributed by atoms with van der Waals surface area (Å²) in [5, 5.41) is 1.55. The van der Waals surface area contributed by atoms with Crippen molar-refractivity contribution in [2.45, 2.75) is 44.4 Å². The number of aryl methyl sites for hydroxylation is 3. The molecule has 28 heavy (non-hydrogen) atoms. The predicted molar refractivity (Wildman–Crippen MR) is 115 cm³/mol. The summed E-state index contributed by atoms with van der Waals surface area (Å²) in [6.45, 7) is 6.96. The van der Waals surface area contributed by atoms with Crippen molar-refractivity contribution in [1.29, 1.82) is 0 Å². The molecule has 0 aliphatic carbocycles. The maximum atomic E-state index is 13.2. The van der Waals surface area contributed by atoms with E-state index in [0.717, 1.165) is 29.5 Å². The fraction of sp³-hybridized carbons (Fsp3) is 0.364. The first-order chi connectivity index (χ1) is 13.3. The molecule has 1 saturated heterocycles. The molecular formula is C22H25ClN2O2S. The van der Waals surface area contributed by atoms with E-state index in [9.17, 15) is 8.42 Å². The van der Waals surface area contributed by atoms with E-state index in [2.05, 4.69) is 36.3 Å². The van der Waals surface area contributed by atoms with Gasteiger partial charge in [-0.05, 0) is 80.5 Å². The molecule has 148 valence electrons. The number of fused-ring (bicyclic) bond motifs is 1. The van der Waals surface area contributed by atoms with Gasteiger partial charge < -0.3 is 4.98 Å². The van der Waals surface area contributed by atoms with Crippen LogP contribution < -0.4 is 0 Å². The zero-order valence-corrected chi connectivity index (χ0v) is 18.0. The summed E-state index contributed by atoms with van der Waals surface area (Å²) in [4.78, 5) is 3.57. The van der Waals surface area contributed by atoms with Crippen molar-refractivity contribution in [2.75, 3.05) is 13.1 Å². The minimum Gasteiger partial charge on any atom is -0.361 e. The second-order valence-electron chi connectivity index (χ2n) is 7.84. The number of nitrogens with zero attached hydrogens (tertiary/aromatic N) is 1. The monoisotopic (exact) mass is 416 g/mol. The molecule has 0 saturated carbocycles. The molecule has 0 atom stereocenters. The fourth-order valence-corrected chi connectivity index (χ4v) is 6.20. The van der Waals surface area contributed by atoms with Gasteiger partial charge in [0, 0.05) is 30.2 Å². The number of halogens is 1. The molecule has 1 aliphatic rings. The summed E-state index contributed by atoms with van der Waals surface area (Å²) in [5.41, 5.74) is 5.60. The summed E-state index contributed by atoms with van der Waals surface area (Å²) >= 11 is 6.29. The van der Waals surface area contributed by atoms with Gasteiger partial charge in [0.25, 0.3) is 0 Å². The van der Waals surface area contributed by atoms with Crippen LogP contribution in [-0.4, -0.2) is 30.8 Å². The van der Waals surface area contributed by atoms with Crippen LogP contribution in [0.2, 0.25) is 5.02 Å². The lowest BCUT2D eigenvalue weighted by atomic mass is 9.90. The summed E-state index contributed by atoms with van der Waals surface area (Å²) in [7, 11) is -3.58. The number of hydrogen-bond donors (Lipinski definition) is 1. The van der Waals surface area contributed by atoms with Crippen LogP contribution in [0.15, 0.2) is 41.4 Å². The molecule has 0 amide bonds. The zero-order valence-electron chi connectivity index (χ0n) is 16.4. The van der Waals surface area contributed by atoms with Crippen LogP contribution >= 0.6 is 11.6 Å². The normalized spacial score (nSPS) is 16.7. The summed E-state index contributed by atoms with van der Waals surface area (Å²) < 4.78 is 27.9. The Morgan fingerprint density at radius 2 is 1.71 bits per heavy atom. The van der Waals surface area contributed by atoms with Crippen LogP contribution in [0.5, 0.6) is 0 Å². The van der Waals surface area contributed by atoms with Crippen LogP contribution in [-0.2, 0) is 10.0 Å². The van der Waals surface area contributed by atoms with Gasteiger partial charge in [0.1, 0.15) is 4.90 Å². The molecular weight excluding hydrogens is 392 g/mol. The Labute approximate surface area is 171 Å². The lowest BCUT2D eigenvalue weighted by Gasteiger charge is -2.31. The van der Waals surface area contributed by atoms with Gasteiger partial charge >= 0.3 is 0 Å². The second kappa shape index (κ2) is 7.21. The molecule has 1 N–H and O–H groups in total. The third-order valence-corrected chi connectivity index (χ3v) is 8.29. The number of benzene rings is 2. The molecule has 4 nitrogen and oxygen atoms in total. The van der Waals surface area contributed by atoms with Crippen molar-refractivity contribution in [3.05, 3.63) is 63.8 Å². The van der Waals surface area contributed by atoms with Gasteiger partial charge in [-0.15, -0.1) is 0 Å². The molecule has 0 bridgehead atoms. The van der Waals surface area contributed by atoms with Crippen LogP contribution in [0, 0.1) is 20.8 Å². The summed E-state index contributed by atoms with van der Waals surface area (Å²) in [6, 6.07) is 9.85. The van der Waals surface area contributed by atoms with Crippen molar-refractivity contribution in [2.24, 2.45) is 0 Å². The first-order valence-corrected chi connectivity index (χ1v) is 11.4. The Hall–Kier alpha value is -1.82. The molecule has 0 spiro atoms. The molecule has 2 heterocycles. The molecule has 6 heteroatoms. The number of sulfonamides is 1. The smallest absolute Gasteiger partial charge is 0.244 e. The highest BCUT2D eigenvalue weighted by molar-refractivity contribution is 7.89. The van der Waals surface area contributed by atoms with Crippen molar-refractivity contribution >= 4 is 32.5 Å². The first kappa shape index (κ1) is 19.5. The van der Waals surface area contributed by atoms with Gasteiger partial charge in [-0.3, -0.25) is 0 Å². The number of H-pyrrole nitrogens is 1. The van der Waals surface area contributed by atoms with E-state index in [1.165, 1.54) is 16.5 Å². The van der Waals surface area contributed by atoms with Crippen LogP contribution in [0.25, 0.3) is 10.9 Å². The van der Waals surface area contributed by atoms with Crippen LogP contribution in [0.4, 0.5) is 0 Å². The van der Waals surface area contributed by atoms with Gasteiger partial charge in [0.15, 0.2) is 0 Å². The van der Waals surface area contributed by atoms with Gasteiger partial charge in [0.05, 0.1) is 5.02 Å². The molecule has 3 aromatic rings. The Bertz CT molecular complexity index is 1140. The fourth-order valence-electron chi connectivity index (χ4n) is 4.09. The Kier molecular flexibility index (Phi) is 5.02. The van der Waals surface area contributed by atoms with Crippen molar-refractivity contribution in [3.8, 4) is 0 Å². The highest BCUT2D eigenvalue weighted by Gasteiger charge is 2.32. The topological polar surface area (TPSA) is 53.2 Å². The van der Waals surface area contributed by atoms with E-state index < -0.39 is 10.0 Å². The number of piperidine rings is 1. The molecule has 2 aromatic carbocycles. The minimum atomic E-state index is -3.58. The zero-order chi connectivity index (χ0) is 20.1. The molecule has 4 rings (SSSR count). The Morgan fingerprint density at radius 3 is 2.43 bits per heavy atom. The lowest BCUT2D eigenvalue weighted by Crippen LogP contribution is -2.38. The Balaban J connectivity index is 1.57. The molecule has 0 radical (unpaired) electrons. The number of rotatable bonds is 3. The van der Waals surface area contributed by atoms with E-state index >= 15 is 0 Å². The van der Waals surface area contributed by atoms with Crippen LogP contribution in [0.3, 0.4) is 0 Å². The summed E-state index contributed by atoms with van der Waals surface area (Å²) in [5.74, 6) is 0.359. The highest BCUT2D eigenvalue weighted by Crippen LogP contribution is 2.36. The molecule has 0 unspecified atom stereocenters. The first-order valence-electron chi connectivity index (χ1n) is 9.62. The second-order valence-corrected chi connectivity index (χ2v) is 10.2. The SMILES string of the molecule is Cc1ccc2[nH]cc(C3CCN(S(=O)(=O)c4cc(C)c(C)cc4Cl)CC3)c2c1. The van der Waals surface area contributed by atoms with Crippen molar-refractivity contribution in [1.82, 2.24) is 9.29 Å². The maximum absolute atomic E-state index is 13.2. The quantitative estimate of drug-likeness (QED) is 0.628. The Morgan fingerprint density at radius 1 is 1.04 bits per heavy atom. The van der Waals surface area contributed by atoms with Crippen LogP contribution in [0.1, 0.15) is 41.0 Å². The highest BCUT2D eigenvalue weighted by atomic mass is 35.5. The minimum absolute atomic E-state index is 0.221. The third kappa shape index (κ3) is 3.36. The average Bonchev–Trinajstić information content (AvgIpc) is 3.07. The van der Waals surface area contributed by atoms with E-state index in [0.29, 0.717) is 24.0 Å². The van der Waals surface area contributed by atoms with E-state index in [-0.39, 0.29) is 4.90 Å². The number of nitrogens with one attached hydrogen (secondary N) is 1. The van der Waals surface area contributed by atoms with Crippen molar-refractivity contribution < 1.29 is 8.42 Å². The number of aromatic amines is 1. The summed E-state index contributed by atoms with van der Waals surface area (Å²) in [6.07, 6.45) is 3.70. The van der Waals surface area contributed by atoms with Gasteiger partial charge in [0.2, 0.25) is 10.0 Å². The molecule has 1 aliphatic heterocycles. The maximum Gasteiger partial charge on any atom is 0.244 e. The standard InChI is InChI=1S/C22H25ClN2O2S/c1-14-4-5-21-18(10-14)19(13-24-21)17-6-8-25(9-7-17)28(26,27)22-12-16(3)15(2)11-20(22)23/h4-5,10-13,17,24H,6-9H2,1-3H3. The van der Waals surface area contributed by atoms with Gasteiger partial charge in [-0.25, -0.2) is 8.42 Å². The molecule has 1 fully saturated rings. The largest absolute Gasteiger partial charge is 0.361 e. The van der Waals surface area contributed by atoms with Gasteiger partial charge in [-0.2, -0.15) is 4.31 Å². The number of hydrogen-bond acceptors (Lipinski definition) is 2. The average molecular weight is 417 g/mol. The third-order valence-electron chi connectivity index (χ3n) is 5.93. The van der Waals surface area contributed by atoms with E-state index in [1.807, 2.05) is 13.8 Å². The van der Waals surface area contributed by atoms with E-state index in [4.69, 9.17) is 11.6 Å². The lowest BCUT2D eigenvalue weighted by molar-refractivity contribution is 0.320. The molecule has 1 aromatic heterocycles. The predicted octanol–water partition coefficient (Wildman–Crippen LogP) is 5.31. The number of aromatic nitrogens is 1.